The standard InChI is InChI=1S/C25H26N2O4/c1-3-27(4-2)25(30)19-12-14-21(15-13-19)26-23(28)17-31-24(29)16-20-10-7-9-18-8-5-6-11-22(18)20/h5-15H,3-4,16-17H2,1-2H3,(H,26,28). The van der Waals surface area contributed by atoms with E-state index in [0.717, 1.165) is 16.3 Å². The van der Waals surface area contributed by atoms with Gasteiger partial charge in [-0.1, -0.05) is 42.5 Å². The third-order valence-electron chi connectivity index (χ3n) is 5.05. The van der Waals surface area contributed by atoms with E-state index in [1.807, 2.05) is 56.3 Å². The number of carbonyl (C=O) groups excluding carboxylic acids is 3. The molecule has 0 aromatic heterocycles. The highest BCUT2D eigenvalue weighted by Gasteiger charge is 2.13. The van der Waals surface area contributed by atoms with Gasteiger partial charge in [-0.15, -0.1) is 0 Å². The first-order valence-electron chi connectivity index (χ1n) is 10.3. The molecular formula is C25H26N2O4. The molecule has 0 atom stereocenters. The Morgan fingerprint density at radius 1 is 0.871 bits per heavy atom. The van der Waals surface area contributed by atoms with E-state index in [1.54, 1.807) is 29.2 Å². The van der Waals surface area contributed by atoms with Gasteiger partial charge in [-0.3, -0.25) is 14.4 Å². The van der Waals surface area contributed by atoms with Gasteiger partial charge in [0.05, 0.1) is 6.42 Å². The Bertz CT molecular complexity index is 1070. The molecule has 6 nitrogen and oxygen atoms in total. The van der Waals surface area contributed by atoms with Crippen LogP contribution in [0.3, 0.4) is 0 Å². The summed E-state index contributed by atoms with van der Waals surface area (Å²) in [5, 5.41) is 4.71. The van der Waals surface area contributed by atoms with Gasteiger partial charge in [-0.05, 0) is 54.4 Å². The number of anilines is 1. The number of hydrogen-bond acceptors (Lipinski definition) is 4. The van der Waals surface area contributed by atoms with E-state index in [-0.39, 0.29) is 18.9 Å². The van der Waals surface area contributed by atoms with Gasteiger partial charge in [-0.2, -0.15) is 0 Å². The summed E-state index contributed by atoms with van der Waals surface area (Å²) in [6.45, 7) is 4.76. The van der Waals surface area contributed by atoms with Crippen LogP contribution >= 0.6 is 0 Å². The van der Waals surface area contributed by atoms with Crippen molar-refractivity contribution in [1.82, 2.24) is 4.90 Å². The largest absolute Gasteiger partial charge is 0.455 e. The molecule has 31 heavy (non-hydrogen) atoms. The number of hydrogen-bond donors (Lipinski definition) is 1. The first-order valence-corrected chi connectivity index (χ1v) is 10.3. The van der Waals surface area contributed by atoms with Crippen LogP contribution in [0.1, 0.15) is 29.8 Å². The summed E-state index contributed by atoms with van der Waals surface area (Å²) in [7, 11) is 0. The molecule has 0 bridgehead atoms. The molecule has 0 unspecified atom stereocenters. The van der Waals surface area contributed by atoms with E-state index >= 15 is 0 Å². The summed E-state index contributed by atoms with van der Waals surface area (Å²) in [5.41, 5.74) is 1.95. The zero-order chi connectivity index (χ0) is 22.2. The fraction of sp³-hybridized carbons (Fsp3) is 0.240. The van der Waals surface area contributed by atoms with Crippen LogP contribution in [0.2, 0.25) is 0 Å². The van der Waals surface area contributed by atoms with Gasteiger partial charge in [0.1, 0.15) is 0 Å². The molecule has 6 heteroatoms. The van der Waals surface area contributed by atoms with Crippen LogP contribution in [-0.2, 0) is 20.7 Å². The van der Waals surface area contributed by atoms with Gasteiger partial charge in [0.25, 0.3) is 11.8 Å². The first kappa shape index (κ1) is 22.0. The van der Waals surface area contributed by atoms with Gasteiger partial charge in [0.15, 0.2) is 6.61 Å². The van der Waals surface area contributed by atoms with Crippen molar-refractivity contribution in [3.05, 3.63) is 77.9 Å². The summed E-state index contributed by atoms with van der Waals surface area (Å²) in [5.74, 6) is -0.953. The Kier molecular flexibility index (Phi) is 7.38. The van der Waals surface area contributed by atoms with Gasteiger partial charge in [-0.25, -0.2) is 0 Å². The molecule has 0 saturated heterocycles. The maximum Gasteiger partial charge on any atom is 0.310 e. The summed E-state index contributed by atoms with van der Waals surface area (Å²) in [6.07, 6.45) is 0.0940. The number of benzene rings is 3. The lowest BCUT2D eigenvalue weighted by atomic mass is 10.0. The van der Waals surface area contributed by atoms with Gasteiger partial charge in [0.2, 0.25) is 0 Å². The Hall–Kier alpha value is -3.67. The predicted octanol–water partition coefficient (Wildman–Crippen LogP) is 4.05. The third-order valence-corrected chi connectivity index (χ3v) is 5.05. The Labute approximate surface area is 181 Å². The highest BCUT2D eigenvalue weighted by Crippen LogP contribution is 2.19. The molecule has 3 aromatic carbocycles. The molecular weight excluding hydrogens is 392 g/mol. The van der Waals surface area contributed by atoms with Gasteiger partial charge in [0, 0.05) is 24.3 Å². The smallest absolute Gasteiger partial charge is 0.310 e. The summed E-state index contributed by atoms with van der Waals surface area (Å²) in [6, 6.07) is 20.2. The number of nitrogens with one attached hydrogen (secondary N) is 1. The lowest BCUT2D eigenvalue weighted by Gasteiger charge is -2.18. The maximum atomic E-state index is 12.3. The third kappa shape index (κ3) is 5.69. The van der Waals surface area contributed by atoms with Crippen LogP contribution in [-0.4, -0.2) is 42.4 Å². The molecule has 0 aliphatic heterocycles. The highest BCUT2D eigenvalue weighted by molar-refractivity contribution is 5.96. The van der Waals surface area contributed by atoms with E-state index in [2.05, 4.69) is 5.32 Å². The molecule has 0 saturated carbocycles. The molecule has 160 valence electrons. The average Bonchev–Trinajstić information content (AvgIpc) is 2.79. The SMILES string of the molecule is CCN(CC)C(=O)c1ccc(NC(=O)COC(=O)Cc2cccc3ccccc23)cc1. The fourth-order valence-corrected chi connectivity index (χ4v) is 3.39. The fourth-order valence-electron chi connectivity index (χ4n) is 3.39. The number of rotatable bonds is 8. The number of nitrogens with zero attached hydrogens (tertiary/aromatic N) is 1. The van der Waals surface area contributed by atoms with Crippen LogP contribution < -0.4 is 5.32 Å². The van der Waals surface area contributed by atoms with E-state index in [4.69, 9.17) is 4.74 Å². The van der Waals surface area contributed by atoms with Crippen molar-refractivity contribution in [3.8, 4) is 0 Å². The van der Waals surface area contributed by atoms with Crippen molar-refractivity contribution >= 4 is 34.2 Å². The topological polar surface area (TPSA) is 75.7 Å². The minimum absolute atomic E-state index is 0.0507. The minimum atomic E-state index is -0.466. The molecule has 0 aliphatic carbocycles. The number of esters is 1. The Morgan fingerprint density at radius 2 is 1.55 bits per heavy atom. The van der Waals surface area contributed by atoms with E-state index in [9.17, 15) is 14.4 Å². The lowest BCUT2D eigenvalue weighted by Crippen LogP contribution is -2.30. The number of ether oxygens (including phenoxy) is 1. The number of carbonyl (C=O) groups is 3. The van der Waals surface area contributed by atoms with Crippen molar-refractivity contribution in [2.24, 2.45) is 0 Å². The van der Waals surface area contributed by atoms with Crippen LogP contribution in [0.4, 0.5) is 5.69 Å². The van der Waals surface area contributed by atoms with Gasteiger partial charge >= 0.3 is 5.97 Å². The molecule has 0 fully saturated rings. The molecule has 2 amide bonds. The Balaban J connectivity index is 1.52. The molecule has 3 aromatic rings. The monoisotopic (exact) mass is 418 g/mol. The normalized spacial score (nSPS) is 10.5. The molecule has 0 aliphatic rings. The predicted molar refractivity (Wildman–Crippen MR) is 121 cm³/mol. The van der Waals surface area contributed by atoms with Crippen LogP contribution in [0.15, 0.2) is 66.7 Å². The van der Waals surface area contributed by atoms with Crippen LogP contribution in [0.5, 0.6) is 0 Å². The van der Waals surface area contributed by atoms with Crippen LogP contribution in [0.25, 0.3) is 10.8 Å². The Morgan fingerprint density at radius 3 is 2.26 bits per heavy atom. The second-order valence-corrected chi connectivity index (χ2v) is 7.08. The lowest BCUT2D eigenvalue weighted by molar-refractivity contribution is -0.146. The molecule has 3 rings (SSSR count). The summed E-state index contributed by atoms with van der Waals surface area (Å²) < 4.78 is 5.14. The van der Waals surface area contributed by atoms with Crippen molar-refractivity contribution in [2.45, 2.75) is 20.3 Å². The second-order valence-electron chi connectivity index (χ2n) is 7.08. The molecule has 0 radical (unpaired) electrons. The van der Waals surface area contributed by atoms with Crippen molar-refractivity contribution in [3.63, 3.8) is 0 Å². The minimum Gasteiger partial charge on any atom is -0.455 e. The van der Waals surface area contributed by atoms with E-state index in [0.29, 0.717) is 24.3 Å². The zero-order valence-electron chi connectivity index (χ0n) is 17.8. The molecule has 0 spiro atoms. The highest BCUT2D eigenvalue weighted by atomic mass is 16.5. The van der Waals surface area contributed by atoms with Crippen molar-refractivity contribution in [2.75, 3.05) is 25.0 Å². The number of fused-ring (bicyclic) bond motifs is 1. The van der Waals surface area contributed by atoms with Crippen LogP contribution in [0, 0.1) is 0 Å². The van der Waals surface area contributed by atoms with E-state index in [1.165, 1.54) is 0 Å². The molecule has 0 heterocycles. The first-order chi connectivity index (χ1) is 15.0. The quantitative estimate of drug-likeness (QED) is 0.560. The van der Waals surface area contributed by atoms with Gasteiger partial charge < -0.3 is 15.0 Å². The van der Waals surface area contributed by atoms with Crippen molar-refractivity contribution in [1.29, 1.82) is 0 Å². The zero-order valence-corrected chi connectivity index (χ0v) is 17.8. The number of amides is 2. The van der Waals surface area contributed by atoms with E-state index < -0.39 is 11.9 Å². The van der Waals surface area contributed by atoms with Crippen molar-refractivity contribution < 1.29 is 19.1 Å². The summed E-state index contributed by atoms with van der Waals surface area (Å²) >= 11 is 0. The second kappa shape index (κ2) is 10.4. The summed E-state index contributed by atoms with van der Waals surface area (Å²) in [4.78, 5) is 38.4. The molecule has 1 N–H and O–H groups in total. The maximum absolute atomic E-state index is 12.3. The average molecular weight is 418 g/mol.